The summed E-state index contributed by atoms with van der Waals surface area (Å²) in [7, 11) is 0. The third kappa shape index (κ3) is 2.66. The smallest absolute Gasteiger partial charge is 0.312 e. The molecule has 0 aromatic rings. The van der Waals surface area contributed by atoms with E-state index in [1.807, 2.05) is 0 Å². The zero-order valence-electron chi connectivity index (χ0n) is 11.3. The van der Waals surface area contributed by atoms with Crippen molar-refractivity contribution in [1.82, 2.24) is 0 Å². The summed E-state index contributed by atoms with van der Waals surface area (Å²) >= 11 is 0. The summed E-state index contributed by atoms with van der Waals surface area (Å²) in [5, 5.41) is 0. The molecule has 0 spiro atoms. The quantitative estimate of drug-likeness (QED) is 0.690. The second kappa shape index (κ2) is 5.41. The second-order valence-corrected chi connectivity index (χ2v) is 6.06. The van der Waals surface area contributed by atoms with E-state index < -0.39 is 0 Å². The lowest BCUT2D eigenvalue weighted by atomic mass is 9.74. The van der Waals surface area contributed by atoms with Crippen LogP contribution in [0.1, 0.15) is 71.6 Å². The van der Waals surface area contributed by atoms with Gasteiger partial charge in [0.25, 0.3) is 0 Å². The predicted molar refractivity (Wildman–Crippen MR) is 68.7 cm³/mol. The molecule has 0 bridgehead atoms. The SMILES string of the molecule is CCC(C)(C(=O)OC1CCCC1)C1CCCC1. The Hall–Kier alpha value is -0.530. The van der Waals surface area contributed by atoms with Gasteiger partial charge in [-0.2, -0.15) is 0 Å². The van der Waals surface area contributed by atoms with Crippen molar-refractivity contribution in [1.29, 1.82) is 0 Å². The maximum absolute atomic E-state index is 12.4. The van der Waals surface area contributed by atoms with Crippen molar-refractivity contribution in [2.75, 3.05) is 0 Å². The summed E-state index contributed by atoms with van der Waals surface area (Å²) in [4.78, 5) is 12.4. The molecule has 0 saturated heterocycles. The number of carbonyl (C=O) groups excluding carboxylic acids is 1. The predicted octanol–water partition coefficient (Wildman–Crippen LogP) is 4.08. The molecule has 0 aliphatic heterocycles. The molecule has 2 heteroatoms. The number of rotatable bonds is 4. The minimum absolute atomic E-state index is 0.0822. The van der Waals surface area contributed by atoms with Crippen LogP contribution in [0.4, 0.5) is 0 Å². The summed E-state index contributed by atoms with van der Waals surface area (Å²) in [6, 6.07) is 0. The number of carbonyl (C=O) groups is 1. The molecular formula is C15H26O2. The minimum Gasteiger partial charge on any atom is -0.462 e. The Kier molecular flexibility index (Phi) is 4.11. The molecule has 1 unspecified atom stereocenters. The van der Waals surface area contributed by atoms with Crippen LogP contribution in [0.15, 0.2) is 0 Å². The summed E-state index contributed by atoms with van der Waals surface area (Å²) in [5.74, 6) is 0.639. The van der Waals surface area contributed by atoms with E-state index in [1.165, 1.54) is 38.5 Å². The van der Waals surface area contributed by atoms with E-state index in [4.69, 9.17) is 4.74 Å². The van der Waals surface area contributed by atoms with Crippen molar-refractivity contribution in [3.05, 3.63) is 0 Å². The molecule has 98 valence electrons. The van der Waals surface area contributed by atoms with Crippen LogP contribution in [0.5, 0.6) is 0 Å². The first-order valence-electron chi connectivity index (χ1n) is 7.38. The molecule has 2 saturated carbocycles. The van der Waals surface area contributed by atoms with Crippen molar-refractivity contribution >= 4 is 5.97 Å². The molecule has 0 N–H and O–H groups in total. The van der Waals surface area contributed by atoms with Gasteiger partial charge in [0.1, 0.15) is 6.10 Å². The maximum atomic E-state index is 12.4. The number of esters is 1. The van der Waals surface area contributed by atoms with E-state index in [-0.39, 0.29) is 17.5 Å². The fourth-order valence-corrected chi connectivity index (χ4v) is 3.45. The number of hydrogen-bond acceptors (Lipinski definition) is 2. The zero-order chi connectivity index (χ0) is 12.3. The van der Waals surface area contributed by atoms with Crippen LogP contribution in [0.25, 0.3) is 0 Å². The monoisotopic (exact) mass is 238 g/mol. The molecule has 0 heterocycles. The fraction of sp³-hybridized carbons (Fsp3) is 0.933. The van der Waals surface area contributed by atoms with Crippen molar-refractivity contribution < 1.29 is 9.53 Å². The van der Waals surface area contributed by atoms with Gasteiger partial charge in [0.15, 0.2) is 0 Å². The van der Waals surface area contributed by atoms with Crippen molar-refractivity contribution in [2.45, 2.75) is 77.7 Å². The second-order valence-electron chi connectivity index (χ2n) is 6.06. The molecule has 2 fully saturated rings. The van der Waals surface area contributed by atoms with Crippen molar-refractivity contribution in [3.63, 3.8) is 0 Å². The van der Waals surface area contributed by atoms with Crippen LogP contribution in [-0.2, 0) is 9.53 Å². The largest absolute Gasteiger partial charge is 0.462 e. The third-order valence-electron chi connectivity index (χ3n) is 5.03. The molecular weight excluding hydrogens is 212 g/mol. The van der Waals surface area contributed by atoms with E-state index >= 15 is 0 Å². The van der Waals surface area contributed by atoms with Gasteiger partial charge in [-0.3, -0.25) is 4.79 Å². The van der Waals surface area contributed by atoms with Crippen LogP contribution in [-0.4, -0.2) is 12.1 Å². The van der Waals surface area contributed by atoms with Crippen LogP contribution in [0.2, 0.25) is 0 Å². The number of ether oxygens (including phenoxy) is 1. The average Bonchev–Trinajstić information content (AvgIpc) is 3.00. The van der Waals surface area contributed by atoms with E-state index in [2.05, 4.69) is 13.8 Å². The van der Waals surface area contributed by atoms with E-state index in [9.17, 15) is 4.79 Å². The van der Waals surface area contributed by atoms with Gasteiger partial charge in [0.2, 0.25) is 0 Å². The topological polar surface area (TPSA) is 26.3 Å². The van der Waals surface area contributed by atoms with Crippen molar-refractivity contribution in [3.8, 4) is 0 Å². The first-order valence-corrected chi connectivity index (χ1v) is 7.38. The lowest BCUT2D eigenvalue weighted by molar-refractivity contribution is -0.164. The molecule has 2 aliphatic carbocycles. The molecule has 2 nitrogen and oxygen atoms in total. The summed E-state index contributed by atoms with van der Waals surface area (Å²) in [6.45, 7) is 4.26. The van der Waals surface area contributed by atoms with E-state index in [0.29, 0.717) is 5.92 Å². The Morgan fingerprint density at radius 1 is 1.12 bits per heavy atom. The molecule has 2 aliphatic rings. The van der Waals surface area contributed by atoms with Gasteiger partial charge < -0.3 is 4.74 Å². The lowest BCUT2D eigenvalue weighted by Crippen LogP contribution is -2.37. The Balaban J connectivity index is 1.97. The summed E-state index contributed by atoms with van der Waals surface area (Å²) < 4.78 is 5.74. The molecule has 0 aromatic carbocycles. The molecule has 0 aromatic heterocycles. The highest BCUT2D eigenvalue weighted by molar-refractivity contribution is 5.77. The van der Waals surface area contributed by atoms with Crippen LogP contribution in [0, 0.1) is 11.3 Å². The highest BCUT2D eigenvalue weighted by Gasteiger charge is 2.43. The molecule has 17 heavy (non-hydrogen) atoms. The molecule has 0 amide bonds. The lowest BCUT2D eigenvalue weighted by Gasteiger charge is -2.33. The first kappa shape index (κ1) is 12.9. The summed E-state index contributed by atoms with van der Waals surface area (Å²) in [6.07, 6.45) is 10.8. The molecule has 0 radical (unpaired) electrons. The normalized spacial score (nSPS) is 26.0. The maximum Gasteiger partial charge on any atom is 0.312 e. The third-order valence-corrected chi connectivity index (χ3v) is 5.03. The molecule has 1 atom stereocenters. The van der Waals surface area contributed by atoms with Crippen molar-refractivity contribution in [2.24, 2.45) is 11.3 Å². The van der Waals surface area contributed by atoms with Crippen LogP contribution in [0.3, 0.4) is 0 Å². The van der Waals surface area contributed by atoms with Gasteiger partial charge in [-0.1, -0.05) is 19.8 Å². The van der Waals surface area contributed by atoms with Gasteiger partial charge in [-0.05, 0) is 57.8 Å². The van der Waals surface area contributed by atoms with Gasteiger partial charge in [-0.25, -0.2) is 0 Å². The van der Waals surface area contributed by atoms with Gasteiger partial charge in [0.05, 0.1) is 5.41 Å². The van der Waals surface area contributed by atoms with Crippen LogP contribution >= 0.6 is 0 Å². The average molecular weight is 238 g/mol. The zero-order valence-corrected chi connectivity index (χ0v) is 11.3. The highest BCUT2D eigenvalue weighted by atomic mass is 16.5. The van der Waals surface area contributed by atoms with Crippen LogP contribution < -0.4 is 0 Å². The first-order chi connectivity index (χ1) is 8.16. The fourth-order valence-electron chi connectivity index (χ4n) is 3.45. The Labute approximate surface area is 105 Å². The Morgan fingerprint density at radius 2 is 1.65 bits per heavy atom. The summed E-state index contributed by atoms with van der Waals surface area (Å²) in [5.41, 5.74) is -0.223. The standard InChI is InChI=1S/C15H26O2/c1-3-15(2,12-8-4-5-9-12)14(16)17-13-10-6-7-11-13/h12-13H,3-11H2,1-2H3. The Morgan fingerprint density at radius 3 is 2.18 bits per heavy atom. The van der Waals surface area contributed by atoms with Gasteiger partial charge in [-0.15, -0.1) is 0 Å². The molecule has 2 rings (SSSR count). The highest BCUT2D eigenvalue weighted by Crippen LogP contribution is 2.43. The van der Waals surface area contributed by atoms with Gasteiger partial charge >= 0.3 is 5.97 Å². The van der Waals surface area contributed by atoms with E-state index in [1.54, 1.807) is 0 Å². The van der Waals surface area contributed by atoms with E-state index in [0.717, 1.165) is 19.3 Å². The Bertz CT molecular complexity index is 262. The minimum atomic E-state index is -0.223. The van der Waals surface area contributed by atoms with Gasteiger partial charge in [0, 0.05) is 0 Å². The number of hydrogen-bond donors (Lipinski definition) is 0.